The maximum Gasteiger partial charge on any atom is 0.267 e. The molecular weight excluding hydrogens is 341 g/mol. The normalized spacial score (nSPS) is 9.67. The van der Waals surface area contributed by atoms with E-state index in [-0.39, 0.29) is 29.9 Å². The zero-order valence-electron chi connectivity index (χ0n) is 10.5. The first-order valence-corrected chi connectivity index (χ1v) is 5.51. The number of imidazole rings is 1. The quantitative estimate of drug-likeness (QED) is 0.447. The summed E-state index contributed by atoms with van der Waals surface area (Å²) in [6, 6.07) is 9.75. The SMILES string of the molecule is CN(C(=O)Cc1ccccc1)n1cc[n+](C)c1.[I-]. The van der Waals surface area contributed by atoms with Crippen LogP contribution in [-0.4, -0.2) is 17.6 Å². The number of nitrogens with zero attached hydrogens (tertiary/aromatic N) is 3. The molecule has 1 aromatic heterocycles. The summed E-state index contributed by atoms with van der Waals surface area (Å²) in [6.07, 6.45) is 6.01. The van der Waals surface area contributed by atoms with Gasteiger partial charge in [-0.05, 0) is 5.56 Å². The van der Waals surface area contributed by atoms with Crippen LogP contribution in [0.2, 0.25) is 0 Å². The van der Waals surface area contributed by atoms with Crippen LogP contribution in [0.1, 0.15) is 5.56 Å². The molecule has 18 heavy (non-hydrogen) atoms. The van der Waals surface area contributed by atoms with Crippen LogP contribution in [0, 0.1) is 0 Å². The third-order valence-electron chi connectivity index (χ3n) is 2.66. The largest absolute Gasteiger partial charge is 1.00 e. The monoisotopic (exact) mass is 357 g/mol. The molecule has 96 valence electrons. The van der Waals surface area contributed by atoms with Gasteiger partial charge < -0.3 is 24.0 Å². The summed E-state index contributed by atoms with van der Waals surface area (Å²) in [7, 11) is 3.69. The van der Waals surface area contributed by atoms with Crippen molar-refractivity contribution in [3.05, 3.63) is 54.6 Å². The minimum absolute atomic E-state index is 0. The topological polar surface area (TPSA) is 29.1 Å². The predicted octanol–water partition coefficient (Wildman–Crippen LogP) is -2.35. The molecule has 2 aromatic rings. The Morgan fingerprint density at radius 1 is 1.33 bits per heavy atom. The van der Waals surface area contributed by atoms with Gasteiger partial charge in [-0.25, -0.2) is 4.57 Å². The van der Waals surface area contributed by atoms with E-state index in [1.807, 2.05) is 60.7 Å². The van der Waals surface area contributed by atoms with Crippen LogP contribution < -0.4 is 33.6 Å². The summed E-state index contributed by atoms with van der Waals surface area (Å²) in [5, 5.41) is 1.60. The molecule has 0 N–H and O–H groups in total. The highest BCUT2D eigenvalue weighted by atomic mass is 127. The van der Waals surface area contributed by atoms with Crippen LogP contribution in [0.5, 0.6) is 0 Å². The minimum Gasteiger partial charge on any atom is -1.00 e. The molecule has 0 fully saturated rings. The first kappa shape index (κ1) is 14.7. The van der Waals surface area contributed by atoms with E-state index in [1.54, 1.807) is 16.7 Å². The molecule has 5 heteroatoms. The van der Waals surface area contributed by atoms with Gasteiger partial charge in [-0.1, -0.05) is 30.3 Å². The summed E-state index contributed by atoms with van der Waals surface area (Å²) in [6.45, 7) is 0. The lowest BCUT2D eigenvalue weighted by Crippen LogP contribution is -3.00. The molecule has 0 aliphatic carbocycles. The van der Waals surface area contributed by atoms with E-state index >= 15 is 0 Å². The van der Waals surface area contributed by atoms with Crippen molar-refractivity contribution < 1.29 is 33.3 Å². The summed E-state index contributed by atoms with van der Waals surface area (Å²) >= 11 is 0. The maximum absolute atomic E-state index is 12.0. The zero-order chi connectivity index (χ0) is 12.3. The van der Waals surface area contributed by atoms with Gasteiger partial charge in [0.2, 0.25) is 0 Å². The first-order valence-electron chi connectivity index (χ1n) is 5.51. The van der Waals surface area contributed by atoms with Crippen molar-refractivity contribution in [3.63, 3.8) is 0 Å². The number of carbonyl (C=O) groups excluding carboxylic acids is 1. The maximum atomic E-state index is 12.0. The molecule has 0 radical (unpaired) electrons. The fourth-order valence-corrected chi connectivity index (χ4v) is 1.63. The number of rotatable bonds is 3. The van der Waals surface area contributed by atoms with Crippen molar-refractivity contribution in [1.29, 1.82) is 0 Å². The van der Waals surface area contributed by atoms with Crippen molar-refractivity contribution in [2.75, 3.05) is 12.1 Å². The van der Waals surface area contributed by atoms with Gasteiger partial charge in [0.05, 0.1) is 20.5 Å². The second kappa shape index (κ2) is 6.53. The van der Waals surface area contributed by atoms with E-state index < -0.39 is 0 Å². The van der Waals surface area contributed by atoms with Crippen LogP contribution in [0.4, 0.5) is 0 Å². The highest BCUT2D eigenvalue weighted by molar-refractivity contribution is 5.87. The average molecular weight is 357 g/mol. The van der Waals surface area contributed by atoms with Crippen LogP contribution >= 0.6 is 0 Å². The average Bonchev–Trinajstić information content (AvgIpc) is 2.76. The molecule has 0 saturated heterocycles. The number of carbonyl (C=O) groups is 1. The molecular formula is C13H16IN3O. The molecule has 1 amide bonds. The summed E-state index contributed by atoms with van der Waals surface area (Å²) in [5.41, 5.74) is 1.03. The Bertz CT molecular complexity index is 510. The van der Waals surface area contributed by atoms with E-state index in [0.29, 0.717) is 6.42 Å². The van der Waals surface area contributed by atoms with Crippen LogP contribution in [-0.2, 0) is 18.3 Å². The van der Waals surface area contributed by atoms with E-state index in [4.69, 9.17) is 0 Å². The van der Waals surface area contributed by atoms with Crippen molar-refractivity contribution in [2.24, 2.45) is 7.05 Å². The molecule has 0 bridgehead atoms. The summed E-state index contributed by atoms with van der Waals surface area (Å²) in [4.78, 5) is 12.0. The fraction of sp³-hybridized carbons (Fsp3) is 0.231. The molecule has 1 heterocycles. The Morgan fingerprint density at radius 3 is 2.56 bits per heavy atom. The van der Waals surface area contributed by atoms with Gasteiger partial charge in [-0.3, -0.25) is 4.79 Å². The highest BCUT2D eigenvalue weighted by Crippen LogP contribution is 2.01. The number of hydrogen-bond donors (Lipinski definition) is 0. The Labute approximate surface area is 124 Å². The number of aryl methyl sites for hydroxylation is 1. The molecule has 1 aromatic carbocycles. The Hall–Kier alpha value is -1.37. The molecule has 0 aliphatic heterocycles. The van der Waals surface area contributed by atoms with E-state index in [0.717, 1.165) is 5.56 Å². The van der Waals surface area contributed by atoms with Gasteiger partial charge in [0.25, 0.3) is 12.2 Å². The van der Waals surface area contributed by atoms with Gasteiger partial charge >= 0.3 is 0 Å². The summed E-state index contributed by atoms with van der Waals surface area (Å²) in [5.74, 6) is 0.0624. The molecule has 0 unspecified atom stereocenters. The van der Waals surface area contributed by atoms with E-state index in [9.17, 15) is 4.79 Å². The van der Waals surface area contributed by atoms with Gasteiger partial charge in [0, 0.05) is 0 Å². The molecule has 0 atom stereocenters. The fourth-order valence-electron chi connectivity index (χ4n) is 1.63. The lowest BCUT2D eigenvalue weighted by atomic mass is 10.1. The van der Waals surface area contributed by atoms with Gasteiger partial charge in [-0.2, -0.15) is 5.01 Å². The molecule has 4 nitrogen and oxygen atoms in total. The molecule has 0 spiro atoms. The van der Waals surface area contributed by atoms with Crippen LogP contribution in [0.15, 0.2) is 49.1 Å². The highest BCUT2D eigenvalue weighted by Gasteiger charge is 2.15. The second-order valence-corrected chi connectivity index (χ2v) is 4.04. The smallest absolute Gasteiger partial charge is 0.267 e. The predicted molar refractivity (Wildman–Crippen MR) is 64.9 cm³/mol. The Balaban J connectivity index is 0.00000162. The number of halogens is 1. The van der Waals surface area contributed by atoms with E-state index in [2.05, 4.69) is 0 Å². The third kappa shape index (κ3) is 3.56. The van der Waals surface area contributed by atoms with Gasteiger partial charge in [0.15, 0.2) is 6.20 Å². The molecule has 0 saturated carbocycles. The van der Waals surface area contributed by atoms with Crippen LogP contribution in [0.3, 0.4) is 0 Å². The number of likely N-dealkylation sites (N-methyl/N-ethyl adjacent to an activating group) is 1. The molecule has 2 rings (SSSR count). The second-order valence-electron chi connectivity index (χ2n) is 4.04. The summed E-state index contributed by atoms with van der Waals surface area (Å²) < 4.78 is 3.66. The van der Waals surface area contributed by atoms with Gasteiger partial charge in [-0.15, -0.1) is 4.68 Å². The van der Waals surface area contributed by atoms with Crippen molar-refractivity contribution in [3.8, 4) is 0 Å². The van der Waals surface area contributed by atoms with Crippen molar-refractivity contribution >= 4 is 5.91 Å². The number of benzene rings is 1. The lowest BCUT2D eigenvalue weighted by molar-refractivity contribution is -0.671. The lowest BCUT2D eigenvalue weighted by Gasteiger charge is -2.11. The third-order valence-corrected chi connectivity index (χ3v) is 2.66. The van der Waals surface area contributed by atoms with Crippen molar-refractivity contribution in [1.82, 2.24) is 4.68 Å². The number of amides is 1. The van der Waals surface area contributed by atoms with Gasteiger partial charge in [0.1, 0.15) is 6.20 Å². The molecule has 0 aliphatic rings. The number of hydrogen-bond acceptors (Lipinski definition) is 1. The Morgan fingerprint density at radius 2 is 2.00 bits per heavy atom. The first-order chi connectivity index (χ1) is 8.16. The minimum atomic E-state index is 0. The zero-order valence-corrected chi connectivity index (χ0v) is 12.6. The number of aromatic nitrogens is 2. The van der Waals surface area contributed by atoms with Crippen molar-refractivity contribution in [2.45, 2.75) is 6.42 Å². The standard InChI is InChI=1S/C13H16N3O.HI/c1-14-8-9-16(11-14)15(2)13(17)10-12-6-4-3-5-7-12;/h3-9,11H,10H2,1-2H3;1H/q+1;/p-1. The van der Waals surface area contributed by atoms with Crippen LogP contribution in [0.25, 0.3) is 0 Å². The van der Waals surface area contributed by atoms with E-state index in [1.165, 1.54) is 0 Å². The Kier molecular flexibility index (Phi) is 5.33.